The van der Waals surface area contributed by atoms with Gasteiger partial charge in [0.25, 0.3) is 0 Å². The number of benzene rings is 2. The molecule has 0 aliphatic heterocycles. The Hall–Kier alpha value is -2.82. The van der Waals surface area contributed by atoms with Gasteiger partial charge in [0, 0.05) is 0 Å². The van der Waals surface area contributed by atoms with Gasteiger partial charge in [-0.1, -0.05) is 18.2 Å². The lowest BCUT2D eigenvalue weighted by Gasteiger charge is -2.18. The highest BCUT2D eigenvalue weighted by molar-refractivity contribution is 5.81. The van der Waals surface area contributed by atoms with Crippen LogP contribution in [0, 0.1) is 0 Å². The molecule has 0 aliphatic carbocycles. The third-order valence-electron chi connectivity index (χ3n) is 2.63. The summed E-state index contributed by atoms with van der Waals surface area (Å²) in [6.07, 6.45) is 0.953. The van der Waals surface area contributed by atoms with Crippen molar-refractivity contribution in [2.75, 3.05) is 0 Å². The van der Waals surface area contributed by atoms with Crippen LogP contribution in [-0.4, -0.2) is 17.9 Å². The molecule has 120 valence electrons. The van der Waals surface area contributed by atoms with E-state index >= 15 is 0 Å². The van der Waals surface area contributed by atoms with Crippen LogP contribution in [0.1, 0.15) is 26.3 Å². The zero-order chi connectivity index (χ0) is 16.7. The highest BCUT2D eigenvalue weighted by atomic mass is 16.6. The van der Waals surface area contributed by atoms with Gasteiger partial charge in [0.15, 0.2) is 0 Å². The first-order valence-electron chi connectivity index (χ1n) is 7.27. The van der Waals surface area contributed by atoms with Crippen molar-refractivity contribution in [2.45, 2.75) is 26.4 Å². The van der Waals surface area contributed by atoms with E-state index in [1.165, 1.54) is 6.21 Å². The topological polar surface area (TPSA) is 59.9 Å². The van der Waals surface area contributed by atoms with Crippen LogP contribution in [0.4, 0.5) is 4.79 Å². The summed E-state index contributed by atoms with van der Waals surface area (Å²) in [6, 6.07) is 16.9. The average molecular weight is 312 g/mol. The standard InChI is InChI=1S/C18H20N2O3/c1-18(2,3)23-17(21)20-19-13-14-9-11-16(12-10-14)22-15-7-5-4-6-8-15/h4-13H,1-3H3,(H,20,21)/b19-13-. The summed E-state index contributed by atoms with van der Waals surface area (Å²) in [4.78, 5) is 11.4. The van der Waals surface area contributed by atoms with Gasteiger partial charge in [-0.15, -0.1) is 0 Å². The Bertz CT molecular complexity index is 659. The normalized spacial score (nSPS) is 11.3. The quantitative estimate of drug-likeness (QED) is 0.675. The second-order valence-corrected chi connectivity index (χ2v) is 5.86. The third kappa shape index (κ3) is 6.22. The van der Waals surface area contributed by atoms with E-state index < -0.39 is 11.7 Å². The first-order valence-corrected chi connectivity index (χ1v) is 7.27. The number of hydrogen-bond acceptors (Lipinski definition) is 4. The summed E-state index contributed by atoms with van der Waals surface area (Å²) in [5.41, 5.74) is 2.61. The number of amides is 1. The molecule has 2 aromatic rings. The molecule has 0 heterocycles. The van der Waals surface area contributed by atoms with Crippen molar-refractivity contribution in [1.29, 1.82) is 0 Å². The molecule has 23 heavy (non-hydrogen) atoms. The van der Waals surface area contributed by atoms with Crippen molar-refractivity contribution in [3.05, 3.63) is 60.2 Å². The maximum absolute atomic E-state index is 11.4. The number of hydrogen-bond donors (Lipinski definition) is 1. The number of nitrogens with zero attached hydrogens (tertiary/aromatic N) is 1. The van der Waals surface area contributed by atoms with Gasteiger partial charge in [-0.2, -0.15) is 5.10 Å². The summed E-state index contributed by atoms with van der Waals surface area (Å²) >= 11 is 0. The molecule has 0 aromatic heterocycles. The first kappa shape index (κ1) is 16.5. The van der Waals surface area contributed by atoms with Gasteiger partial charge in [-0.05, 0) is 62.7 Å². The maximum atomic E-state index is 11.4. The van der Waals surface area contributed by atoms with Crippen molar-refractivity contribution in [2.24, 2.45) is 5.10 Å². The van der Waals surface area contributed by atoms with Crippen LogP contribution >= 0.6 is 0 Å². The monoisotopic (exact) mass is 312 g/mol. The van der Waals surface area contributed by atoms with Crippen LogP contribution in [0.2, 0.25) is 0 Å². The molecule has 0 radical (unpaired) electrons. The van der Waals surface area contributed by atoms with Crippen molar-refractivity contribution >= 4 is 12.3 Å². The minimum absolute atomic E-state index is 0.546. The average Bonchev–Trinajstić information content (AvgIpc) is 2.48. The largest absolute Gasteiger partial charge is 0.457 e. The number of nitrogens with one attached hydrogen (secondary N) is 1. The molecule has 0 bridgehead atoms. The molecule has 0 unspecified atom stereocenters. The molecule has 2 aromatic carbocycles. The number of carbonyl (C=O) groups is 1. The SMILES string of the molecule is CC(C)(C)OC(=O)N/N=C\c1ccc(Oc2ccccc2)cc1. The molecule has 5 heteroatoms. The smallest absolute Gasteiger partial charge is 0.428 e. The molecule has 0 atom stereocenters. The molecule has 5 nitrogen and oxygen atoms in total. The lowest BCUT2D eigenvalue weighted by atomic mass is 10.2. The second kappa shape index (κ2) is 7.45. The fourth-order valence-corrected chi connectivity index (χ4v) is 1.71. The zero-order valence-electron chi connectivity index (χ0n) is 13.4. The summed E-state index contributed by atoms with van der Waals surface area (Å²) in [5, 5.41) is 3.85. The Morgan fingerprint density at radius 3 is 2.22 bits per heavy atom. The Balaban J connectivity index is 1.87. The highest BCUT2D eigenvalue weighted by Crippen LogP contribution is 2.20. The fourth-order valence-electron chi connectivity index (χ4n) is 1.71. The van der Waals surface area contributed by atoms with Crippen LogP contribution in [0.3, 0.4) is 0 Å². The van der Waals surface area contributed by atoms with Gasteiger partial charge in [0.05, 0.1) is 6.21 Å². The van der Waals surface area contributed by atoms with Gasteiger partial charge in [0.1, 0.15) is 17.1 Å². The molecular weight excluding hydrogens is 292 g/mol. The number of hydrazone groups is 1. The predicted molar refractivity (Wildman–Crippen MR) is 89.9 cm³/mol. The van der Waals surface area contributed by atoms with E-state index in [2.05, 4.69) is 10.5 Å². The molecule has 0 fully saturated rings. The van der Waals surface area contributed by atoms with Crippen LogP contribution in [0.25, 0.3) is 0 Å². The van der Waals surface area contributed by atoms with Crippen LogP contribution in [0.15, 0.2) is 59.7 Å². The number of carbonyl (C=O) groups excluding carboxylic acids is 1. The Morgan fingerprint density at radius 2 is 1.61 bits per heavy atom. The van der Waals surface area contributed by atoms with Crippen molar-refractivity contribution in [3.8, 4) is 11.5 Å². The van der Waals surface area contributed by atoms with Crippen LogP contribution < -0.4 is 10.2 Å². The first-order chi connectivity index (χ1) is 10.9. The molecule has 0 spiro atoms. The zero-order valence-corrected chi connectivity index (χ0v) is 13.4. The Morgan fingerprint density at radius 1 is 1.00 bits per heavy atom. The van der Waals surface area contributed by atoms with E-state index in [0.717, 1.165) is 17.1 Å². The Kier molecular flexibility index (Phi) is 5.36. The van der Waals surface area contributed by atoms with Crippen molar-refractivity contribution in [3.63, 3.8) is 0 Å². The third-order valence-corrected chi connectivity index (χ3v) is 2.63. The van der Waals surface area contributed by atoms with E-state index in [4.69, 9.17) is 9.47 Å². The summed E-state index contributed by atoms with van der Waals surface area (Å²) in [5.74, 6) is 1.51. The summed E-state index contributed by atoms with van der Waals surface area (Å²) in [7, 11) is 0. The molecule has 1 amide bonds. The lowest BCUT2D eigenvalue weighted by molar-refractivity contribution is 0.0529. The second-order valence-electron chi connectivity index (χ2n) is 5.86. The highest BCUT2D eigenvalue weighted by Gasteiger charge is 2.15. The molecule has 1 N–H and O–H groups in total. The predicted octanol–water partition coefficient (Wildman–Crippen LogP) is 4.34. The van der Waals surface area contributed by atoms with Gasteiger partial charge in [-0.3, -0.25) is 0 Å². The fraction of sp³-hybridized carbons (Fsp3) is 0.222. The Labute approximate surface area is 135 Å². The van der Waals surface area contributed by atoms with Gasteiger partial charge < -0.3 is 9.47 Å². The van der Waals surface area contributed by atoms with E-state index in [0.29, 0.717) is 0 Å². The van der Waals surface area contributed by atoms with Gasteiger partial charge in [0.2, 0.25) is 0 Å². The number of rotatable bonds is 4. The van der Waals surface area contributed by atoms with Crippen molar-refractivity contribution < 1.29 is 14.3 Å². The molecule has 0 saturated heterocycles. The molecule has 2 rings (SSSR count). The number of para-hydroxylation sites is 1. The van der Waals surface area contributed by atoms with Crippen molar-refractivity contribution in [1.82, 2.24) is 5.43 Å². The van der Waals surface area contributed by atoms with E-state index in [-0.39, 0.29) is 0 Å². The maximum Gasteiger partial charge on any atom is 0.428 e. The summed E-state index contributed by atoms with van der Waals surface area (Å²) in [6.45, 7) is 5.38. The van der Waals surface area contributed by atoms with Crippen LogP contribution in [-0.2, 0) is 4.74 Å². The minimum Gasteiger partial charge on any atom is -0.457 e. The van der Waals surface area contributed by atoms with E-state index in [9.17, 15) is 4.79 Å². The minimum atomic E-state index is -0.585. The van der Waals surface area contributed by atoms with Gasteiger partial charge in [-0.25, -0.2) is 10.2 Å². The van der Waals surface area contributed by atoms with E-state index in [1.54, 1.807) is 20.8 Å². The summed E-state index contributed by atoms with van der Waals surface area (Å²) < 4.78 is 10.8. The van der Waals surface area contributed by atoms with E-state index in [1.807, 2.05) is 54.6 Å². The van der Waals surface area contributed by atoms with Crippen LogP contribution in [0.5, 0.6) is 11.5 Å². The lowest BCUT2D eigenvalue weighted by Crippen LogP contribution is -2.29. The van der Waals surface area contributed by atoms with Gasteiger partial charge >= 0.3 is 6.09 Å². The molecular formula is C18H20N2O3. The molecule has 0 aliphatic rings. The molecule has 0 saturated carbocycles. The number of ether oxygens (including phenoxy) is 2.